The van der Waals surface area contributed by atoms with Crippen LogP contribution in [0.25, 0.3) is 0 Å². The second kappa shape index (κ2) is 6.95. The molecule has 0 bridgehead atoms. The predicted octanol–water partition coefficient (Wildman–Crippen LogP) is 3.62. The molecule has 1 N–H and O–H groups in total. The van der Waals surface area contributed by atoms with Crippen LogP contribution in [0.1, 0.15) is 17.2 Å². The van der Waals surface area contributed by atoms with Crippen molar-refractivity contribution in [1.82, 2.24) is 5.32 Å². The summed E-state index contributed by atoms with van der Waals surface area (Å²) in [4.78, 5) is 0. The van der Waals surface area contributed by atoms with Crippen molar-refractivity contribution in [3.63, 3.8) is 0 Å². The van der Waals surface area contributed by atoms with Crippen LogP contribution in [0.3, 0.4) is 0 Å². The van der Waals surface area contributed by atoms with Crippen LogP contribution in [0.4, 0.5) is 0 Å². The molecule has 0 amide bonds. The molecule has 3 nitrogen and oxygen atoms in total. The molecule has 0 saturated heterocycles. The maximum atomic E-state index is 5.34. The van der Waals surface area contributed by atoms with Gasteiger partial charge in [0.1, 0.15) is 11.5 Å². The van der Waals surface area contributed by atoms with Gasteiger partial charge in [0, 0.05) is 9.64 Å². The summed E-state index contributed by atoms with van der Waals surface area (Å²) < 4.78 is 11.9. The number of hydrogen-bond donors (Lipinski definition) is 1. The number of halogens is 1. The van der Waals surface area contributed by atoms with Crippen LogP contribution in [-0.2, 0) is 0 Å². The molecule has 2 aromatic rings. The molecule has 4 heteroatoms. The van der Waals surface area contributed by atoms with Crippen LogP contribution < -0.4 is 14.8 Å². The maximum absolute atomic E-state index is 5.34. The number of methoxy groups -OCH3 is 2. The average Bonchev–Trinajstić information content (AvgIpc) is 2.49. The molecule has 106 valence electrons. The molecular formula is C16H18INO2. The molecule has 0 aliphatic carbocycles. The fraction of sp³-hybridized carbons (Fsp3) is 0.250. The van der Waals surface area contributed by atoms with Crippen LogP contribution in [0.2, 0.25) is 0 Å². The van der Waals surface area contributed by atoms with Gasteiger partial charge in [-0.1, -0.05) is 12.1 Å². The summed E-state index contributed by atoms with van der Waals surface area (Å²) in [7, 11) is 5.28. The molecule has 1 unspecified atom stereocenters. The lowest BCUT2D eigenvalue weighted by Crippen LogP contribution is -2.17. The Bertz CT molecular complexity index is 547. The van der Waals surface area contributed by atoms with Gasteiger partial charge < -0.3 is 14.8 Å². The van der Waals surface area contributed by atoms with Crippen LogP contribution >= 0.6 is 22.6 Å². The van der Waals surface area contributed by atoms with Gasteiger partial charge in [-0.3, -0.25) is 0 Å². The summed E-state index contributed by atoms with van der Waals surface area (Å²) in [5.74, 6) is 1.59. The third-order valence-corrected chi connectivity index (χ3v) is 3.92. The average molecular weight is 383 g/mol. The minimum Gasteiger partial charge on any atom is -0.497 e. The van der Waals surface area contributed by atoms with E-state index < -0.39 is 0 Å². The lowest BCUT2D eigenvalue weighted by molar-refractivity contribution is 0.392. The van der Waals surface area contributed by atoms with E-state index >= 15 is 0 Å². The molecular weight excluding hydrogens is 365 g/mol. The fourth-order valence-electron chi connectivity index (χ4n) is 2.18. The number of nitrogens with one attached hydrogen (secondary N) is 1. The summed E-state index contributed by atoms with van der Waals surface area (Å²) in [6, 6.07) is 14.5. The Morgan fingerprint density at radius 1 is 0.900 bits per heavy atom. The molecule has 0 spiro atoms. The normalized spacial score (nSPS) is 12.0. The van der Waals surface area contributed by atoms with E-state index in [1.54, 1.807) is 14.2 Å². The van der Waals surface area contributed by atoms with Crippen molar-refractivity contribution < 1.29 is 9.47 Å². The Kier molecular flexibility index (Phi) is 5.25. The molecule has 0 aliphatic rings. The minimum absolute atomic E-state index is 0.107. The van der Waals surface area contributed by atoms with Crippen molar-refractivity contribution in [2.24, 2.45) is 0 Å². The Balaban J connectivity index is 2.42. The van der Waals surface area contributed by atoms with Gasteiger partial charge in [-0.2, -0.15) is 0 Å². The first-order valence-corrected chi connectivity index (χ1v) is 7.41. The van der Waals surface area contributed by atoms with E-state index in [4.69, 9.17) is 9.47 Å². The van der Waals surface area contributed by atoms with Crippen LogP contribution in [0.15, 0.2) is 42.5 Å². The summed E-state index contributed by atoms with van der Waals surface area (Å²) in [5, 5.41) is 3.34. The first-order valence-electron chi connectivity index (χ1n) is 6.33. The van der Waals surface area contributed by atoms with Gasteiger partial charge in [0.15, 0.2) is 0 Å². The zero-order valence-corrected chi connectivity index (χ0v) is 14.0. The van der Waals surface area contributed by atoms with Gasteiger partial charge in [-0.15, -0.1) is 0 Å². The van der Waals surface area contributed by atoms with Gasteiger partial charge in [0.25, 0.3) is 0 Å². The standard InChI is InChI=1S/C16H18INO2/c1-18-16(11-4-6-13(17)7-5-11)12-8-14(19-2)10-15(9-12)20-3/h4-10,16,18H,1-3H3. The molecule has 1 atom stereocenters. The molecule has 0 radical (unpaired) electrons. The lowest BCUT2D eigenvalue weighted by atomic mass is 9.98. The summed E-state index contributed by atoms with van der Waals surface area (Å²) >= 11 is 2.31. The molecule has 0 aliphatic heterocycles. The lowest BCUT2D eigenvalue weighted by Gasteiger charge is -2.19. The predicted molar refractivity (Wildman–Crippen MR) is 89.6 cm³/mol. The Morgan fingerprint density at radius 2 is 1.45 bits per heavy atom. The van der Waals surface area contributed by atoms with Crippen molar-refractivity contribution in [1.29, 1.82) is 0 Å². The Labute approximate surface area is 133 Å². The van der Waals surface area contributed by atoms with Crippen molar-refractivity contribution >= 4 is 22.6 Å². The summed E-state index contributed by atoms with van der Waals surface area (Å²) in [5.41, 5.74) is 2.33. The first-order chi connectivity index (χ1) is 9.67. The van der Waals surface area contributed by atoms with E-state index in [-0.39, 0.29) is 6.04 Å². The van der Waals surface area contributed by atoms with Gasteiger partial charge in [-0.25, -0.2) is 0 Å². The Morgan fingerprint density at radius 3 is 1.90 bits per heavy atom. The van der Waals surface area contributed by atoms with Crippen LogP contribution in [0.5, 0.6) is 11.5 Å². The molecule has 2 rings (SSSR count). The highest BCUT2D eigenvalue weighted by Gasteiger charge is 2.14. The van der Waals surface area contributed by atoms with Crippen molar-refractivity contribution in [3.05, 3.63) is 57.2 Å². The quantitative estimate of drug-likeness (QED) is 0.801. The topological polar surface area (TPSA) is 30.5 Å². The second-order valence-electron chi connectivity index (χ2n) is 4.42. The molecule has 0 fully saturated rings. The van der Waals surface area contributed by atoms with E-state index in [1.807, 2.05) is 25.2 Å². The number of hydrogen-bond acceptors (Lipinski definition) is 3. The van der Waals surface area contributed by atoms with Crippen LogP contribution in [0, 0.1) is 3.57 Å². The fourth-order valence-corrected chi connectivity index (χ4v) is 2.54. The zero-order chi connectivity index (χ0) is 14.5. The minimum atomic E-state index is 0.107. The van der Waals surface area contributed by atoms with E-state index in [9.17, 15) is 0 Å². The highest BCUT2D eigenvalue weighted by molar-refractivity contribution is 14.1. The number of ether oxygens (including phenoxy) is 2. The van der Waals surface area contributed by atoms with E-state index in [0.29, 0.717) is 0 Å². The maximum Gasteiger partial charge on any atom is 0.122 e. The molecule has 0 saturated carbocycles. The smallest absolute Gasteiger partial charge is 0.122 e. The number of benzene rings is 2. The van der Waals surface area contributed by atoms with Gasteiger partial charge >= 0.3 is 0 Å². The van der Waals surface area contributed by atoms with Gasteiger partial charge in [-0.05, 0) is 65.0 Å². The molecule has 20 heavy (non-hydrogen) atoms. The second-order valence-corrected chi connectivity index (χ2v) is 5.66. The Hall–Kier alpha value is -1.27. The van der Waals surface area contributed by atoms with E-state index in [0.717, 1.165) is 17.1 Å². The van der Waals surface area contributed by atoms with Gasteiger partial charge in [0.05, 0.1) is 20.3 Å². The monoisotopic (exact) mass is 383 g/mol. The highest BCUT2D eigenvalue weighted by Crippen LogP contribution is 2.30. The molecule has 2 aromatic carbocycles. The van der Waals surface area contributed by atoms with Crippen molar-refractivity contribution in [2.45, 2.75) is 6.04 Å². The summed E-state index contributed by atoms with van der Waals surface area (Å²) in [6.45, 7) is 0. The van der Waals surface area contributed by atoms with Gasteiger partial charge in [0.2, 0.25) is 0 Å². The number of rotatable bonds is 5. The zero-order valence-electron chi connectivity index (χ0n) is 11.8. The van der Waals surface area contributed by atoms with E-state index in [2.05, 4.69) is 52.2 Å². The first kappa shape index (κ1) is 15.1. The van der Waals surface area contributed by atoms with E-state index in [1.165, 1.54) is 9.13 Å². The van der Waals surface area contributed by atoms with Crippen molar-refractivity contribution in [2.75, 3.05) is 21.3 Å². The third kappa shape index (κ3) is 3.43. The van der Waals surface area contributed by atoms with Crippen molar-refractivity contribution in [3.8, 4) is 11.5 Å². The highest BCUT2D eigenvalue weighted by atomic mass is 127. The molecule has 0 heterocycles. The summed E-state index contributed by atoms with van der Waals surface area (Å²) in [6.07, 6.45) is 0. The van der Waals surface area contributed by atoms with Crippen LogP contribution in [-0.4, -0.2) is 21.3 Å². The largest absolute Gasteiger partial charge is 0.497 e. The SMILES string of the molecule is CNC(c1ccc(I)cc1)c1cc(OC)cc(OC)c1. The molecule has 0 aromatic heterocycles. The third-order valence-electron chi connectivity index (χ3n) is 3.20.